The number of rotatable bonds is 7. The summed E-state index contributed by atoms with van der Waals surface area (Å²) in [7, 11) is 7.01. The van der Waals surface area contributed by atoms with Crippen molar-refractivity contribution in [1.82, 2.24) is 10.2 Å². The van der Waals surface area contributed by atoms with Crippen molar-refractivity contribution in [3.8, 4) is 5.75 Å². The number of fused-ring (bicyclic) bond motifs is 1. The van der Waals surface area contributed by atoms with E-state index in [9.17, 15) is 14.7 Å². The van der Waals surface area contributed by atoms with Gasteiger partial charge in [0.25, 0.3) is 5.91 Å². The van der Waals surface area contributed by atoms with Gasteiger partial charge in [0.05, 0.1) is 30.5 Å². The standard InChI is InChI=1S/C31H43N5O4/c1-30(2,3)23-13-19(14-25(27(23)40-8)35-11-9-31(4,39)10-12-35)26(37)18-36-17-20-15-24(34(6)7)22(29(38)33-5)16-21(20)28(36)32/h13-16,32,39H,9-12,17-18H2,1-8H3,(H,33,38). The predicted octanol–water partition coefficient (Wildman–Crippen LogP) is 3.79. The molecule has 0 spiro atoms. The van der Waals surface area contributed by atoms with Gasteiger partial charge in [-0.3, -0.25) is 15.0 Å². The fraction of sp³-hybridized carbons (Fsp3) is 0.516. The molecule has 0 unspecified atom stereocenters. The molecule has 0 radical (unpaired) electrons. The van der Waals surface area contributed by atoms with Crippen molar-refractivity contribution in [2.24, 2.45) is 0 Å². The maximum Gasteiger partial charge on any atom is 0.253 e. The zero-order valence-corrected chi connectivity index (χ0v) is 25.1. The molecular weight excluding hydrogens is 506 g/mol. The number of amidine groups is 1. The molecule has 9 heteroatoms. The molecule has 0 aromatic heterocycles. The summed E-state index contributed by atoms with van der Waals surface area (Å²) in [6.45, 7) is 9.96. The summed E-state index contributed by atoms with van der Waals surface area (Å²) < 4.78 is 5.91. The number of hydrogen-bond acceptors (Lipinski definition) is 7. The SMILES string of the molecule is CNC(=O)c1cc2c(cc1N(C)C)CN(CC(=O)c1cc(N3CCC(C)(O)CC3)c(OC)c(C(C)(C)C)c1)C2=N. The first-order chi connectivity index (χ1) is 18.7. The summed E-state index contributed by atoms with van der Waals surface area (Å²) in [5.41, 5.74) is 4.27. The summed E-state index contributed by atoms with van der Waals surface area (Å²) in [5.74, 6) is 0.690. The van der Waals surface area contributed by atoms with Crippen LogP contribution < -0.4 is 19.9 Å². The quantitative estimate of drug-likeness (QED) is 0.451. The molecule has 4 rings (SSSR count). The van der Waals surface area contributed by atoms with Gasteiger partial charge in [-0.1, -0.05) is 20.8 Å². The summed E-state index contributed by atoms with van der Waals surface area (Å²) in [6, 6.07) is 7.51. The van der Waals surface area contributed by atoms with Crippen molar-refractivity contribution < 1.29 is 19.4 Å². The highest BCUT2D eigenvalue weighted by Gasteiger charge is 2.33. The van der Waals surface area contributed by atoms with E-state index < -0.39 is 5.60 Å². The molecule has 0 saturated carbocycles. The van der Waals surface area contributed by atoms with Crippen molar-refractivity contribution in [3.05, 3.63) is 52.1 Å². The average molecular weight is 550 g/mol. The van der Waals surface area contributed by atoms with Crippen molar-refractivity contribution in [1.29, 1.82) is 5.41 Å². The number of amides is 1. The summed E-state index contributed by atoms with van der Waals surface area (Å²) in [6.07, 6.45) is 1.27. The molecule has 2 aromatic rings. The van der Waals surface area contributed by atoms with E-state index in [4.69, 9.17) is 10.1 Å². The number of anilines is 2. The third-order valence-electron chi connectivity index (χ3n) is 8.03. The number of aliphatic hydroxyl groups is 1. The van der Waals surface area contributed by atoms with E-state index in [1.807, 2.05) is 44.1 Å². The second-order valence-electron chi connectivity index (χ2n) is 12.4. The van der Waals surface area contributed by atoms with Crippen LogP contribution in [0.2, 0.25) is 0 Å². The highest BCUT2D eigenvalue weighted by Crippen LogP contribution is 2.42. The molecule has 1 fully saturated rings. The minimum atomic E-state index is -0.695. The van der Waals surface area contributed by atoms with Crippen LogP contribution in [0.25, 0.3) is 0 Å². The van der Waals surface area contributed by atoms with Gasteiger partial charge in [0.1, 0.15) is 11.6 Å². The highest BCUT2D eigenvalue weighted by atomic mass is 16.5. The number of nitrogens with zero attached hydrogens (tertiary/aromatic N) is 3. The summed E-state index contributed by atoms with van der Waals surface area (Å²) >= 11 is 0. The minimum absolute atomic E-state index is 0.0458. The zero-order valence-electron chi connectivity index (χ0n) is 25.1. The lowest BCUT2D eigenvalue weighted by molar-refractivity contribution is 0.0350. The molecular formula is C31H43N5O4. The minimum Gasteiger partial charge on any atom is -0.494 e. The maximum absolute atomic E-state index is 13.8. The Bertz CT molecular complexity index is 1330. The van der Waals surface area contributed by atoms with Gasteiger partial charge in [-0.25, -0.2) is 0 Å². The molecule has 2 aliphatic heterocycles. The number of hydrogen-bond donors (Lipinski definition) is 3. The molecule has 1 amide bonds. The first kappa shape index (κ1) is 29.4. The Kier molecular flexibility index (Phi) is 7.91. The smallest absolute Gasteiger partial charge is 0.253 e. The Labute approximate surface area is 237 Å². The molecule has 2 aliphatic rings. The molecule has 0 aliphatic carbocycles. The van der Waals surface area contributed by atoms with E-state index in [0.29, 0.717) is 49.2 Å². The monoisotopic (exact) mass is 549 g/mol. The summed E-state index contributed by atoms with van der Waals surface area (Å²) in [4.78, 5) is 32.2. The maximum atomic E-state index is 13.8. The Morgan fingerprint density at radius 1 is 1.15 bits per heavy atom. The number of benzene rings is 2. The van der Waals surface area contributed by atoms with Crippen LogP contribution in [-0.4, -0.2) is 81.0 Å². The van der Waals surface area contributed by atoms with Crippen LogP contribution in [0.5, 0.6) is 5.75 Å². The number of methoxy groups -OCH3 is 1. The number of carbonyl (C=O) groups is 2. The number of Topliss-reactive ketones (excluding diaryl/α,β-unsaturated/α-hetero) is 1. The number of piperidine rings is 1. The molecule has 9 nitrogen and oxygen atoms in total. The number of nitrogens with one attached hydrogen (secondary N) is 2. The van der Waals surface area contributed by atoms with E-state index in [1.165, 1.54) is 0 Å². The number of ether oxygens (including phenoxy) is 1. The van der Waals surface area contributed by atoms with Crippen molar-refractivity contribution >= 4 is 28.9 Å². The van der Waals surface area contributed by atoms with E-state index in [-0.39, 0.29) is 29.5 Å². The molecule has 2 aromatic carbocycles. The first-order valence-corrected chi connectivity index (χ1v) is 13.8. The lowest BCUT2D eigenvalue weighted by atomic mass is 9.83. The van der Waals surface area contributed by atoms with Crippen molar-refractivity contribution in [2.75, 3.05) is 57.7 Å². The van der Waals surface area contributed by atoms with E-state index in [0.717, 1.165) is 28.3 Å². The second-order valence-corrected chi connectivity index (χ2v) is 12.4. The van der Waals surface area contributed by atoms with Crippen LogP contribution in [0.4, 0.5) is 11.4 Å². The number of ketones is 1. The van der Waals surface area contributed by atoms with Gasteiger partial charge < -0.3 is 29.9 Å². The van der Waals surface area contributed by atoms with Crippen LogP contribution in [0.3, 0.4) is 0 Å². The Hall–Kier alpha value is -3.59. The van der Waals surface area contributed by atoms with Crippen LogP contribution in [0.15, 0.2) is 24.3 Å². The van der Waals surface area contributed by atoms with E-state index >= 15 is 0 Å². The predicted molar refractivity (Wildman–Crippen MR) is 159 cm³/mol. The van der Waals surface area contributed by atoms with Gasteiger partial charge in [0, 0.05) is 63.2 Å². The van der Waals surface area contributed by atoms with Gasteiger partial charge in [-0.05, 0) is 55.0 Å². The molecule has 3 N–H and O–H groups in total. The fourth-order valence-corrected chi connectivity index (χ4v) is 5.53. The van der Waals surface area contributed by atoms with E-state index in [2.05, 4.69) is 31.0 Å². The fourth-order valence-electron chi connectivity index (χ4n) is 5.53. The molecule has 216 valence electrons. The topological polar surface area (TPSA) is 109 Å². The third-order valence-corrected chi connectivity index (χ3v) is 8.03. The zero-order chi connectivity index (χ0) is 29.6. The second kappa shape index (κ2) is 10.8. The van der Waals surface area contributed by atoms with Gasteiger partial charge >= 0.3 is 0 Å². The van der Waals surface area contributed by atoms with Crippen LogP contribution in [0, 0.1) is 5.41 Å². The lowest BCUT2D eigenvalue weighted by Gasteiger charge is -2.38. The summed E-state index contributed by atoms with van der Waals surface area (Å²) in [5, 5.41) is 22.0. The third kappa shape index (κ3) is 5.66. The Morgan fingerprint density at radius 2 is 1.80 bits per heavy atom. The Balaban J connectivity index is 1.66. The van der Waals surface area contributed by atoms with Crippen LogP contribution in [0.1, 0.15) is 77.9 Å². The average Bonchev–Trinajstić information content (AvgIpc) is 3.19. The van der Waals surface area contributed by atoms with Crippen molar-refractivity contribution in [2.45, 2.75) is 58.1 Å². The molecule has 40 heavy (non-hydrogen) atoms. The highest BCUT2D eigenvalue weighted by molar-refractivity contribution is 6.08. The largest absolute Gasteiger partial charge is 0.494 e. The Morgan fingerprint density at radius 3 is 2.35 bits per heavy atom. The molecule has 0 atom stereocenters. The van der Waals surface area contributed by atoms with Crippen molar-refractivity contribution in [3.63, 3.8) is 0 Å². The van der Waals surface area contributed by atoms with E-state index in [1.54, 1.807) is 25.1 Å². The molecule has 1 saturated heterocycles. The van der Waals surface area contributed by atoms with Crippen LogP contribution >= 0.6 is 0 Å². The van der Waals surface area contributed by atoms with Gasteiger partial charge in [-0.2, -0.15) is 0 Å². The van der Waals surface area contributed by atoms with Gasteiger partial charge in [0.15, 0.2) is 5.78 Å². The first-order valence-electron chi connectivity index (χ1n) is 13.8. The molecule has 0 bridgehead atoms. The normalized spacial score (nSPS) is 16.6. The van der Waals surface area contributed by atoms with Gasteiger partial charge in [-0.15, -0.1) is 0 Å². The molecule has 2 heterocycles. The van der Waals surface area contributed by atoms with Crippen LogP contribution in [-0.2, 0) is 12.0 Å². The lowest BCUT2D eigenvalue weighted by Crippen LogP contribution is -2.42. The van der Waals surface area contributed by atoms with Gasteiger partial charge in [0.2, 0.25) is 0 Å². The number of carbonyl (C=O) groups excluding carboxylic acids is 2.